The van der Waals surface area contributed by atoms with Crippen molar-refractivity contribution in [2.24, 2.45) is 10.2 Å². The number of amidine groups is 1. The maximum Gasteiger partial charge on any atom is 0.242 e. The van der Waals surface area contributed by atoms with E-state index in [1.165, 1.54) is 11.8 Å². The summed E-state index contributed by atoms with van der Waals surface area (Å²) in [6.07, 6.45) is 2.35. The average Bonchev–Trinajstić information content (AvgIpc) is 3.09. The van der Waals surface area contributed by atoms with Crippen LogP contribution in [0.3, 0.4) is 0 Å². The maximum atomic E-state index is 12.8. The topological polar surface area (TPSA) is 72.7 Å². The van der Waals surface area contributed by atoms with E-state index in [1.54, 1.807) is 38.5 Å². The van der Waals surface area contributed by atoms with Gasteiger partial charge < -0.3 is 14.2 Å². The molecule has 0 bridgehead atoms. The highest BCUT2D eigenvalue weighted by Crippen LogP contribution is 2.31. The number of methoxy groups -OCH3 is 3. The van der Waals surface area contributed by atoms with E-state index in [2.05, 4.69) is 10.2 Å². The summed E-state index contributed by atoms with van der Waals surface area (Å²) in [6, 6.07) is 13.1. The molecule has 1 saturated heterocycles. The first-order chi connectivity index (χ1) is 14.6. The van der Waals surface area contributed by atoms with Crippen molar-refractivity contribution in [2.75, 3.05) is 21.3 Å². The fourth-order valence-corrected chi connectivity index (χ4v) is 3.99. The molecule has 8 heteroatoms. The predicted octanol–water partition coefficient (Wildman–Crippen LogP) is 3.96. The molecule has 1 aliphatic heterocycles. The zero-order valence-electron chi connectivity index (χ0n) is 17.5. The van der Waals surface area contributed by atoms with E-state index in [9.17, 15) is 4.79 Å². The van der Waals surface area contributed by atoms with Gasteiger partial charge in [0.15, 0.2) is 5.17 Å². The highest BCUT2D eigenvalue weighted by Gasteiger charge is 2.36. The SMILES string of the molecule is CCC1SC(=NN=Cc2ccc(OC)cc2OC)N(Cc2ccc(OC)cc2)C1=O. The molecule has 1 heterocycles. The predicted molar refractivity (Wildman–Crippen MR) is 120 cm³/mol. The first kappa shape index (κ1) is 21.7. The number of thioether (sulfide) groups is 1. The van der Waals surface area contributed by atoms with Crippen molar-refractivity contribution in [1.29, 1.82) is 0 Å². The Hall–Kier alpha value is -3.00. The Morgan fingerprint density at radius 1 is 1.03 bits per heavy atom. The van der Waals surface area contributed by atoms with Crippen LogP contribution in [0.4, 0.5) is 0 Å². The third-order valence-electron chi connectivity index (χ3n) is 4.67. The van der Waals surface area contributed by atoms with Gasteiger partial charge in [0, 0.05) is 11.6 Å². The van der Waals surface area contributed by atoms with Gasteiger partial charge in [0.05, 0.1) is 39.3 Å². The van der Waals surface area contributed by atoms with Gasteiger partial charge in [-0.15, -0.1) is 5.10 Å². The number of carbonyl (C=O) groups is 1. The van der Waals surface area contributed by atoms with Gasteiger partial charge in [0.1, 0.15) is 17.2 Å². The molecular weight excluding hydrogens is 402 g/mol. The lowest BCUT2D eigenvalue weighted by molar-refractivity contribution is -0.126. The fourth-order valence-electron chi connectivity index (χ4n) is 2.97. The second-order valence-corrected chi connectivity index (χ2v) is 7.69. The zero-order valence-corrected chi connectivity index (χ0v) is 18.3. The van der Waals surface area contributed by atoms with Gasteiger partial charge in [-0.3, -0.25) is 9.69 Å². The van der Waals surface area contributed by atoms with Gasteiger partial charge in [-0.2, -0.15) is 5.10 Å². The minimum absolute atomic E-state index is 0.0503. The largest absolute Gasteiger partial charge is 0.497 e. The molecule has 3 rings (SSSR count). The van der Waals surface area contributed by atoms with E-state index in [0.717, 1.165) is 23.3 Å². The van der Waals surface area contributed by atoms with Crippen LogP contribution < -0.4 is 14.2 Å². The van der Waals surface area contributed by atoms with Crippen molar-refractivity contribution in [3.05, 3.63) is 53.6 Å². The summed E-state index contributed by atoms with van der Waals surface area (Å²) in [6.45, 7) is 2.43. The number of carbonyl (C=O) groups excluding carboxylic acids is 1. The molecule has 0 radical (unpaired) electrons. The zero-order chi connectivity index (χ0) is 21.5. The van der Waals surface area contributed by atoms with Crippen LogP contribution in [-0.2, 0) is 11.3 Å². The summed E-state index contributed by atoms with van der Waals surface area (Å²) in [5.74, 6) is 2.16. The lowest BCUT2D eigenvalue weighted by Gasteiger charge is -2.16. The van der Waals surface area contributed by atoms with Gasteiger partial charge in [-0.05, 0) is 36.2 Å². The Morgan fingerprint density at radius 2 is 1.73 bits per heavy atom. The number of hydrogen-bond donors (Lipinski definition) is 0. The minimum atomic E-state index is -0.146. The lowest BCUT2D eigenvalue weighted by Crippen LogP contribution is -2.31. The molecule has 0 aliphatic carbocycles. The maximum absolute atomic E-state index is 12.8. The van der Waals surface area contributed by atoms with Crippen LogP contribution in [0.25, 0.3) is 0 Å². The minimum Gasteiger partial charge on any atom is -0.497 e. The van der Waals surface area contributed by atoms with E-state index >= 15 is 0 Å². The van der Waals surface area contributed by atoms with Crippen LogP contribution >= 0.6 is 11.8 Å². The molecule has 30 heavy (non-hydrogen) atoms. The molecule has 0 spiro atoms. The Labute approximate surface area is 180 Å². The van der Waals surface area contributed by atoms with Gasteiger partial charge in [0.25, 0.3) is 0 Å². The van der Waals surface area contributed by atoms with Crippen LogP contribution in [0.2, 0.25) is 0 Å². The van der Waals surface area contributed by atoms with Crippen molar-refractivity contribution < 1.29 is 19.0 Å². The van der Waals surface area contributed by atoms with E-state index in [-0.39, 0.29) is 11.2 Å². The van der Waals surface area contributed by atoms with Gasteiger partial charge in [0.2, 0.25) is 5.91 Å². The quantitative estimate of drug-likeness (QED) is 0.471. The highest BCUT2D eigenvalue weighted by molar-refractivity contribution is 8.15. The van der Waals surface area contributed by atoms with Crippen molar-refractivity contribution in [1.82, 2.24) is 4.90 Å². The molecule has 158 valence electrons. The van der Waals surface area contributed by atoms with Crippen LogP contribution in [0.1, 0.15) is 24.5 Å². The standard InChI is InChI=1S/C22H25N3O4S/c1-5-20-21(26)25(14-15-6-9-17(27-2)10-7-15)22(30-20)24-23-13-16-8-11-18(28-3)12-19(16)29-4/h6-13,20H,5,14H2,1-4H3. The smallest absolute Gasteiger partial charge is 0.242 e. The molecule has 1 fully saturated rings. The molecular formula is C22H25N3O4S. The van der Waals surface area contributed by atoms with E-state index in [1.807, 2.05) is 43.3 Å². The van der Waals surface area contributed by atoms with Crippen molar-refractivity contribution in [3.63, 3.8) is 0 Å². The highest BCUT2D eigenvalue weighted by atomic mass is 32.2. The Balaban J connectivity index is 1.81. The van der Waals surface area contributed by atoms with Crippen molar-refractivity contribution in [3.8, 4) is 17.2 Å². The van der Waals surface area contributed by atoms with Crippen molar-refractivity contribution >= 4 is 29.1 Å². The van der Waals surface area contributed by atoms with E-state index in [0.29, 0.717) is 23.2 Å². The normalized spacial score (nSPS) is 17.7. The van der Waals surface area contributed by atoms with Gasteiger partial charge in [-0.25, -0.2) is 0 Å². The number of nitrogens with zero attached hydrogens (tertiary/aromatic N) is 3. The summed E-state index contributed by atoms with van der Waals surface area (Å²) >= 11 is 1.44. The second-order valence-electron chi connectivity index (χ2n) is 6.52. The number of benzene rings is 2. The first-order valence-electron chi connectivity index (χ1n) is 9.53. The molecule has 2 aromatic carbocycles. The van der Waals surface area contributed by atoms with Crippen molar-refractivity contribution in [2.45, 2.75) is 25.1 Å². The van der Waals surface area contributed by atoms with E-state index in [4.69, 9.17) is 14.2 Å². The Morgan fingerprint density at radius 3 is 2.37 bits per heavy atom. The third-order valence-corrected chi connectivity index (χ3v) is 6.00. The Bertz CT molecular complexity index is 944. The molecule has 0 saturated carbocycles. The summed E-state index contributed by atoms with van der Waals surface area (Å²) in [4.78, 5) is 14.5. The fraction of sp³-hybridized carbons (Fsp3) is 0.318. The molecule has 1 aliphatic rings. The molecule has 0 aromatic heterocycles. The van der Waals surface area contributed by atoms with Gasteiger partial charge in [-0.1, -0.05) is 30.8 Å². The summed E-state index contributed by atoms with van der Waals surface area (Å²) in [7, 11) is 4.82. The van der Waals surface area contributed by atoms with Crippen LogP contribution in [0.15, 0.2) is 52.7 Å². The van der Waals surface area contributed by atoms with Crippen LogP contribution in [0.5, 0.6) is 17.2 Å². The molecule has 7 nitrogen and oxygen atoms in total. The molecule has 0 N–H and O–H groups in total. The molecule has 2 aromatic rings. The summed E-state index contributed by atoms with van der Waals surface area (Å²) < 4.78 is 15.8. The monoisotopic (exact) mass is 427 g/mol. The number of amides is 1. The third kappa shape index (κ3) is 4.94. The second kappa shape index (κ2) is 10.2. The molecule has 1 atom stereocenters. The van der Waals surface area contributed by atoms with Crippen LogP contribution in [0, 0.1) is 0 Å². The summed E-state index contributed by atoms with van der Waals surface area (Å²) in [5, 5.41) is 9.00. The van der Waals surface area contributed by atoms with E-state index < -0.39 is 0 Å². The number of rotatable bonds is 8. The Kier molecular flexibility index (Phi) is 7.35. The van der Waals surface area contributed by atoms with Crippen LogP contribution in [-0.4, -0.2) is 48.8 Å². The lowest BCUT2D eigenvalue weighted by atomic mass is 10.2. The number of hydrogen-bond acceptors (Lipinski definition) is 7. The molecule has 1 unspecified atom stereocenters. The average molecular weight is 428 g/mol. The summed E-state index contributed by atoms with van der Waals surface area (Å²) in [5.41, 5.74) is 1.76. The first-order valence-corrected chi connectivity index (χ1v) is 10.4. The number of ether oxygens (including phenoxy) is 3. The van der Waals surface area contributed by atoms with Gasteiger partial charge >= 0.3 is 0 Å². The molecule has 1 amide bonds.